The molecule has 5 heteroatoms. The van der Waals surface area contributed by atoms with E-state index in [1.165, 1.54) is 0 Å². The van der Waals surface area contributed by atoms with E-state index in [9.17, 15) is 4.79 Å². The molecular formula is C14H13BrN2O2. The Hall–Kier alpha value is -1.88. The van der Waals surface area contributed by atoms with Crippen LogP contribution in [-0.4, -0.2) is 18.0 Å². The van der Waals surface area contributed by atoms with Gasteiger partial charge in [-0.15, -0.1) is 0 Å². The fourth-order valence-electron chi connectivity index (χ4n) is 1.63. The number of carbonyl (C=O) groups excluding carboxylic acids is 1. The lowest BCUT2D eigenvalue weighted by atomic mass is 10.2. The van der Waals surface area contributed by atoms with Crippen LogP contribution in [0.3, 0.4) is 0 Å². The standard InChI is InChI=1S/C14H13BrN2O2/c1-19-13-5-3-2-4-10(13)8-17-14(18)12-7-6-11(15)9-16-12/h2-7,9H,8H2,1H3,(H,17,18). The molecule has 0 aliphatic heterocycles. The quantitative estimate of drug-likeness (QED) is 0.942. The fourth-order valence-corrected chi connectivity index (χ4v) is 1.86. The van der Waals surface area contributed by atoms with Gasteiger partial charge in [-0.05, 0) is 34.1 Å². The summed E-state index contributed by atoms with van der Waals surface area (Å²) in [4.78, 5) is 15.9. The molecule has 0 saturated carbocycles. The summed E-state index contributed by atoms with van der Waals surface area (Å²) in [5.74, 6) is 0.546. The smallest absolute Gasteiger partial charge is 0.270 e. The van der Waals surface area contributed by atoms with E-state index in [4.69, 9.17) is 4.74 Å². The number of benzene rings is 1. The van der Waals surface area contributed by atoms with Crippen molar-refractivity contribution in [2.24, 2.45) is 0 Å². The first-order valence-corrected chi connectivity index (χ1v) is 6.51. The first-order chi connectivity index (χ1) is 9.20. The van der Waals surface area contributed by atoms with Crippen molar-refractivity contribution >= 4 is 21.8 Å². The number of aromatic nitrogens is 1. The Morgan fingerprint density at radius 1 is 1.32 bits per heavy atom. The third-order valence-corrected chi connectivity index (χ3v) is 3.06. The third-order valence-electron chi connectivity index (χ3n) is 2.59. The van der Waals surface area contributed by atoms with Gasteiger partial charge in [0.25, 0.3) is 5.91 Å². The lowest BCUT2D eigenvalue weighted by molar-refractivity contribution is 0.0945. The van der Waals surface area contributed by atoms with Crippen LogP contribution < -0.4 is 10.1 Å². The second kappa shape index (κ2) is 6.33. The molecule has 2 rings (SSSR count). The van der Waals surface area contributed by atoms with Gasteiger partial charge in [0.1, 0.15) is 11.4 Å². The minimum Gasteiger partial charge on any atom is -0.496 e. The summed E-state index contributed by atoms with van der Waals surface area (Å²) in [5.41, 5.74) is 1.31. The highest BCUT2D eigenvalue weighted by molar-refractivity contribution is 9.10. The van der Waals surface area contributed by atoms with Crippen molar-refractivity contribution in [3.63, 3.8) is 0 Å². The minimum absolute atomic E-state index is 0.210. The zero-order valence-electron chi connectivity index (χ0n) is 10.4. The van der Waals surface area contributed by atoms with Crippen molar-refractivity contribution < 1.29 is 9.53 Å². The summed E-state index contributed by atoms with van der Waals surface area (Å²) < 4.78 is 6.07. The maximum atomic E-state index is 11.9. The first kappa shape index (κ1) is 13.5. The van der Waals surface area contributed by atoms with Crippen molar-refractivity contribution in [3.05, 3.63) is 58.3 Å². The molecule has 0 spiro atoms. The number of nitrogens with one attached hydrogen (secondary N) is 1. The molecule has 4 nitrogen and oxygen atoms in total. The lowest BCUT2D eigenvalue weighted by Crippen LogP contribution is -2.23. The molecule has 1 aromatic heterocycles. The Balaban J connectivity index is 2.02. The summed E-state index contributed by atoms with van der Waals surface area (Å²) in [6.45, 7) is 0.403. The molecule has 0 fully saturated rings. The van der Waals surface area contributed by atoms with Gasteiger partial charge in [-0.25, -0.2) is 4.98 Å². The van der Waals surface area contributed by atoms with Gasteiger partial charge in [-0.1, -0.05) is 18.2 Å². The van der Waals surface area contributed by atoms with E-state index >= 15 is 0 Å². The van der Waals surface area contributed by atoms with E-state index in [1.54, 1.807) is 25.4 Å². The van der Waals surface area contributed by atoms with E-state index in [1.807, 2.05) is 24.3 Å². The predicted molar refractivity (Wildman–Crippen MR) is 76.1 cm³/mol. The molecular weight excluding hydrogens is 308 g/mol. The van der Waals surface area contributed by atoms with Crippen LogP contribution in [0.4, 0.5) is 0 Å². The number of para-hydroxylation sites is 1. The highest BCUT2D eigenvalue weighted by Gasteiger charge is 2.08. The average molecular weight is 321 g/mol. The zero-order valence-corrected chi connectivity index (χ0v) is 12.0. The minimum atomic E-state index is -0.210. The zero-order chi connectivity index (χ0) is 13.7. The Labute approximate surface area is 119 Å². The maximum absolute atomic E-state index is 11.9. The molecule has 0 unspecified atom stereocenters. The van der Waals surface area contributed by atoms with Gasteiger partial charge in [0, 0.05) is 22.8 Å². The number of carbonyl (C=O) groups is 1. The van der Waals surface area contributed by atoms with Crippen molar-refractivity contribution in [1.82, 2.24) is 10.3 Å². The predicted octanol–water partition coefficient (Wildman–Crippen LogP) is 2.78. The van der Waals surface area contributed by atoms with Crippen molar-refractivity contribution in [3.8, 4) is 5.75 Å². The second-order valence-corrected chi connectivity index (χ2v) is 4.77. The van der Waals surface area contributed by atoms with Crippen LogP contribution in [0.2, 0.25) is 0 Å². The average Bonchev–Trinajstić information content (AvgIpc) is 2.45. The van der Waals surface area contributed by atoms with Gasteiger partial charge in [-0.3, -0.25) is 4.79 Å². The number of methoxy groups -OCH3 is 1. The molecule has 1 amide bonds. The number of hydrogen-bond donors (Lipinski definition) is 1. The molecule has 0 aliphatic rings. The lowest BCUT2D eigenvalue weighted by Gasteiger charge is -2.09. The highest BCUT2D eigenvalue weighted by Crippen LogP contribution is 2.16. The number of pyridine rings is 1. The van der Waals surface area contributed by atoms with Crippen LogP contribution in [0.15, 0.2) is 47.1 Å². The Bertz CT molecular complexity index is 570. The van der Waals surface area contributed by atoms with E-state index in [2.05, 4.69) is 26.2 Å². The molecule has 98 valence electrons. The Morgan fingerprint density at radius 3 is 2.79 bits per heavy atom. The number of hydrogen-bond acceptors (Lipinski definition) is 3. The molecule has 0 radical (unpaired) electrons. The summed E-state index contributed by atoms with van der Waals surface area (Å²) in [6, 6.07) is 11.0. The molecule has 0 bridgehead atoms. The van der Waals surface area contributed by atoms with Gasteiger partial charge in [0.2, 0.25) is 0 Å². The van der Waals surface area contributed by atoms with Crippen LogP contribution in [0.25, 0.3) is 0 Å². The maximum Gasteiger partial charge on any atom is 0.270 e. The molecule has 0 atom stereocenters. The van der Waals surface area contributed by atoms with E-state index in [0.29, 0.717) is 12.2 Å². The molecule has 2 aromatic rings. The Morgan fingerprint density at radius 2 is 2.11 bits per heavy atom. The number of halogens is 1. The SMILES string of the molecule is COc1ccccc1CNC(=O)c1ccc(Br)cn1. The summed E-state index contributed by atoms with van der Waals surface area (Å²) in [7, 11) is 1.61. The third kappa shape index (κ3) is 3.54. The van der Waals surface area contributed by atoms with E-state index in [0.717, 1.165) is 15.8 Å². The van der Waals surface area contributed by atoms with Crippen molar-refractivity contribution in [2.75, 3.05) is 7.11 Å². The summed E-state index contributed by atoms with van der Waals surface area (Å²) in [6.07, 6.45) is 1.60. The molecule has 1 N–H and O–H groups in total. The van der Waals surface area contributed by atoms with Gasteiger partial charge in [0.05, 0.1) is 7.11 Å². The van der Waals surface area contributed by atoms with Crippen LogP contribution >= 0.6 is 15.9 Å². The van der Waals surface area contributed by atoms with Gasteiger partial charge in [-0.2, -0.15) is 0 Å². The number of amides is 1. The van der Waals surface area contributed by atoms with Gasteiger partial charge >= 0.3 is 0 Å². The Kier molecular flexibility index (Phi) is 4.52. The van der Waals surface area contributed by atoms with Gasteiger partial charge in [0.15, 0.2) is 0 Å². The van der Waals surface area contributed by atoms with Gasteiger partial charge < -0.3 is 10.1 Å². The van der Waals surface area contributed by atoms with Crippen molar-refractivity contribution in [1.29, 1.82) is 0 Å². The normalized spacial score (nSPS) is 10.0. The summed E-state index contributed by atoms with van der Waals surface area (Å²) in [5, 5.41) is 2.81. The number of rotatable bonds is 4. The molecule has 19 heavy (non-hydrogen) atoms. The molecule has 1 heterocycles. The largest absolute Gasteiger partial charge is 0.496 e. The first-order valence-electron chi connectivity index (χ1n) is 5.72. The highest BCUT2D eigenvalue weighted by atomic mass is 79.9. The van der Waals surface area contributed by atoms with Crippen LogP contribution in [0, 0.1) is 0 Å². The topological polar surface area (TPSA) is 51.2 Å². The second-order valence-electron chi connectivity index (χ2n) is 3.86. The van der Waals surface area contributed by atoms with E-state index in [-0.39, 0.29) is 5.91 Å². The summed E-state index contributed by atoms with van der Waals surface area (Å²) >= 11 is 3.28. The number of ether oxygens (including phenoxy) is 1. The van der Waals surface area contributed by atoms with E-state index < -0.39 is 0 Å². The van der Waals surface area contributed by atoms with Crippen LogP contribution in [0.1, 0.15) is 16.1 Å². The van der Waals surface area contributed by atoms with Crippen LogP contribution in [-0.2, 0) is 6.54 Å². The number of nitrogens with zero attached hydrogens (tertiary/aromatic N) is 1. The van der Waals surface area contributed by atoms with Crippen molar-refractivity contribution in [2.45, 2.75) is 6.54 Å². The molecule has 0 aliphatic carbocycles. The molecule has 0 saturated heterocycles. The fraction of sp³-hybridized carbons (Fsp3) is 0.143. The van der Waals surface area contributed by atoms with Crippen LogP contribution in [0.5, 0.6) is 5.75 Å². The monoisotopic (exact) mass is 320 g/mol. The molecule has 1 aromatic carbocycles.